The molecule has 0 aromatic carbocycles. The van der Waals surface area contributed by atoms with Gasteiger partial charge in [-0.3, -0.25) is 4.79 Å². The second-order valence-electron chi connectivity index (χ2n) is 3.75. The maximum Gasteiger partial charge on any atom is 0.253 e. The minimum Gasteiger partial charge on any atom is -0.317 e. The van der Waals surface area contributed by atoms with E-state index in [0.29, 0.717) is 0 Å². The van der Waals surface area contributed by atoms with Crippen LogP contribution in [0.5, 0.6) is 0 Å². The fraction of sp³-hybridized carbons (Fsp3) is 0.583. The van der Waals surface area contributed by atoms with E-state index in [0.717, 1.165) is 38.0 Å². The van der Waals surface area contributed by atoms with Crippen LogP contribution in [-0.2, 0) is 6.54 Å². The molecule has 0 unspecified atom stereocenters. The van der Waals surface area contributed by atoms with Gasteiger partial charge in [0.25, 0.3) is 5.56 Å². The molecule has 1 rings (SSSR count). The summed E-state index contributed by atoms with van der Waals surface area (Å²) in [5.41, 5.74) is 0.963. The van der Waals surface area contributed by atoms with E-state index in [-0.39, 0.29) is 5.56 Å². The van der Waals surface area contributed by atoms with Gasteiger partial charge in [0.1, 0.15) is 0 Å². The van der Waals surface area contributed by atoms with Crippen molar-refractivity contribution in [3.8, 4) is 0 Å². The molecule has 1 aromatic rings. The van der Waals surface area contributed by atoms with Gasteiger partial charge in [-0.2, -0.15) is 0 Å². The molecule has 0 saturated carbocycles. The van der Waals surface area contributed by atoms with Crippen molar-refractivity contribution < 1.29 is 0 Å². The second kappa shape index (κ2) is 6.40. The molecule has 1 aromatic heterocycles. The van der Waals surface area contributed by atoms with Gasteiger partial charge in [-0.05, 0) is 38.9 Å². The van der Waals surface area contributed by atoms with E-state index >= 15 is 0 Å². The molecule has 0 atom stereocenters. The smallest absolute Gasteiger partial charge is 0.253 e. The number of aromatic nitrogens is 1. The molecule has 1 heterocycles. The highest BCUT2D eigenvalue weighted by atomic mass is 16.1. The molecular weight excluding hydrogens is 188 g/mol. The Morgan fingerprint density at radius 3 is 2.93 bits per heavy atom. The number of nitrogens with one attached hydrogen (secondary N) is 1. The molecule has 0 spiro atoms. The van der Waals surface area contributed by atoms with Crippen LogP contribution in [0.15, 0.2) is 23.1 Å². The predicted octanol–water partition coefficient (Wildman–Crippen LogP) is 1.55. The van der Waals surface area contributed by atoms with Gasteiger partial charge in [0.05, 0.1) is 0 Å². The summed E-state index contributed by atoms with van der Waals surface area (Å²) in [5.74, 6) is 0. The first-order chi connectivity index (χ1) is 7.25. The SMILES string of the molecule is CCNCCCCn1cccc(C)c1=O. The minimum absolute atomic E-state index is 0.140. The van der Waals surface area contributed by atoms with Crippen LogP contribution in [0.25, 0.3) is 0 Å². The van der Waals surface area contributed by atoms with Crippen molar-refractivity contribution in [2.45, 2.75) is 33.2 Å². The van der Waals surface area contributed by atoms with E-state index in [9.17, 15) is 4.79 Å². The van der Waals surface area contributed by atoms with Gasteiger partial charge in [0, 0.05) is 18.3 Å². The highest BCUT2D eigenvalue weighted by molar-refractivity contribution is 5.07. The van der Waals surface area contributed by atoms with E-state index < -0.39 is 0 Å². The summed E-state index contributed by atoms with van der Waals surface area (Å²) in [7, 11) is 0. The predicted molar refractivity (Wildman–Crippen MR) is 63.2 cm³/mol. The van der Waals surface area contributed by atoms with Crippen molar-refractivity contribution >= 4 is 0 Å². The molecule has 0 radical (unpaired) electrons. The molecule has 3 heteroatoms. The topological polar surface area (TPSA) is 34.0 Å². The van der Waals surface area contributed by atoms with Crippen molar-refractivity contribution in [3.05, 3.63) is 34.2 Å². The van der Waals surface area contributed by atoms with E-state index in [1.807, 2.05) is 25.3 Å². The average Bonchev–Trinajstić information content (AvgIpc) is 2.24. The van der Waals surface area contributed by atoms with Crippen LogP contribution in [0.3, 0.4) is 0 Å². The summed E-state index contributed by atoms with van der Waals surface area (Å²) in [5, 5.41) is 3.27. The Morgan fingerprint density at radius 2 is 2.20 bits per heavy atom. The number of unbranched alkanes of at least 4 members (excludes halogenated alkanes) is 1. The standard InChI is InChI=1S/C12H20N2O/c1-3-13-8-4-5-9-14-10-6-7-11(2)12(14)15/h6-7,10,13H,3-5,8-9H2,1-2H3. The van der Waals surface area contributed by atoms with Gasteiger partial charge in [-0.25, -0.2) is 0 Å². The molecule has 0 aliphatic heterocycles. The Hall–Kier alpha value is -1.09. The molecule has 0 aliphatic rings. The maximum absolute atomic E-state index is 11.6. The maximum atomic E-state index is 11.6. The number of pyridine rings is 1. The molecular formula is C12H20N2O. The minimum atomic E-state index is 0.140. The van der Waals surface area contributed by atoms with Crippen molar-refractivity contribution in [1.29, 1.82) is 0 Å². The van der Waals surface area contributed by atoms with Crippen molar-refractivity contribution in [2.75, 3.05) is 13.1 Å². The van der Waals surface area contributed by atoms with Gasteiger partial charge < -0.3 is 9.88 Å². The molecule has 3 nitrogen and oxygen atoms in total. The number of hydrogen-bond acceptors (Lipinski definition) is 2. The van der Waals surface area contributed by atoms with E-state index in [2.05, 4.69) is 12.2 Å². The van der Waals surface area contributed by atoms with E-state index in [1.54, 1.807) is 4.57 Å². The van der Waals surface area contributed by atoms with Gasteiger partial charge in [0.15, 0.2) is 0 Å². The second-order valence-corrected chi connectivity index (χ2v) is 3.75. The molecule has 15 heavy (non-hydrogen) atoms. The Kier molecular flexibility index (Phi) is 5.12. The highest BCUT2D eigenvalue weighted by Gasteiger charge is 1.97. The van der Waals surface area contributed by atoms with Gasteiger partial charge in [0.2, 0.25) is 0 Å². The zero-order valence-electron chi connectivity index (χ0n) is 9.62. The number of rotatable bonds is 6. The van der Waals surface area contributed by atoms with Crippen LogP contribution >= 0.6 is 0 Å². The average molecular weight is 208 g/mol. The zero-order valence-corrected chi connectivity index (χ0v) is 9.62. The molecule has 0 amide bonds. The summed E-state index contributed by atoms with van der Waals surface area (Å²) < 4.78 is 1.79. The van der Waals surface area contributed by atoms with Crippen LogP contribution in [0, 0.1) is 6.92 Å². The molecule has 84 valence electrons. The Labute approximate surface area is 91.1 Å². The van der Waals surface area contributed by atoms with Gasteiger partial charge in [-0.1, -0.05) is 13.0 Å². The van der Waals surface area contributed by atoms with Crippen LogP contribution in [0.1, 0.15) is 25.3 Å². The monoisotopic (exact) mass is 208 g/mol. The lowest BCUT2D eigenvalue weighted by Crippen LogP contribution is -2.22. The van der Waals surface area contributed by atoms with Crippen LogP contribution < -0.4 is 10.9 Å². The van der Waals surface area contributed by atoms with Gasteiger partial charge >= 0.3 is 0 Å². The first-order valence-corrected chi connectivity index (χ1v) is 5.62. The molecule has 1 N–H and O–H groups in total. The third-order valence-corrected chi connectivity index (χ3v) is 2.46. The third kappa shape index (κ3) is 3.88. The molecule has 0 aliphatic carbocycles. The van der Waals surface area contributed by atoms with Crippen LogP contribution in [0.2, 0.25) is 0 Å². The van der Waals surface area contributed by atoms with E-state index in [4.69, 9.17) is 0 Å². The van der Waals surface area contributed by atoms with Crippen LogP contribution in [-0.4, -0.2) is 17.7 Å². The third-order valence-electron chi connectivity index (χ3n) is 2.46. The quantitative estimate of drug-likeness (QED) is 0.720. The number of nitrogens with zero attached hydrogens (tertiary/aromatic N) is 1. The molecule has 0 fully saturated rings. The summed E-state index contributed by atoms with van der Waals surface area (Å²) in [6, 6.07) is 3.79. The Bertz CT molecular complexity index is 344. The summed E-state index contributed by atoms with van der Waals surface area (Å²) in [4.78, 5) is 11.6. The fourth-order valence-electron chi connectivity index (χ4n) is 1.54. The fourth-order valence-corrected chi connectivity index (χ4v) is 1.54. The first-order valence-electron chi connectivity index (χ1n) is 5.62. The van der Waals surface area contributed by atoms with Crippen molar-refractivity contribution in [1.82, 2.24) is 9.88 Å². The lowest BCUT2D eigenvalue weighted by Gasteiger charge is -2.06. The van der Waals surface area contributed by atoms with Crippen LogP contribution in [0.4, 0.5) is 0 Å². The lowest BCUT2D eigenvalue weighted by molar-refractivity contribution is 0.565. The Balaban J connectivity index is 2.38. The van der Waals surface area contributed by atoms with Gasteiger partial charge in [-0.15, -0.1) is 0 Å². The molecule has 0 saturated heterocycles. The first kappa shape index (κ1) is 12.0. The number of hydrogen-bond donors (Lipinski definition) is 1. The Morgan fingerprint density at radius 1 is 1.40 bits per heavy atom. The zero-order chi connectivity index (χ0) is 11.1. The highest BCUT2D eigenvalue weighted by Crippen LogP contribution is 1.94. The lowest BCUT2D eigenvalue weighted by atomic mass is 10.2. The van der Waals surface area contributed by atoms with E-state index in [1.165, 1.54) is 0 Å². The van der Waals surface area contributed by atoms with Crippen molar-refractivity contribution in [2.24, 2.45) is 0 Å². The summed E-state index contributed by atoms with van der Waals surface area (Å²) >= 11 is 0. The van der Waals surface area contributed by atoms with Crippen molar-refractivity contribution in [3.63, 3.8) is 0 Å². The molecule has 0 bridgehead atoms. The summed E-state index contributed by atoms with van der Waals surface area (Å²) in [6.45, 7) is 6.84. The number of aryl methyl sites for hydroxylation is 2. The normalized spacial score (nSPS) is 10.5. The summed E-state index contributed by atoms with van der Waals surface area (Å²) in [6.07, 6.45) is 4.03. The largest absolute Gasteiger partial charge is 0.317 e.